The van der Waals surface area contributed by atoms with E-state index in [9.17, 15) is 37.1 Å². The molecule has 2 atom stereocenters. The predicted octanol–water partition coefficient (Wildman–Crippen LogP) is 3.73. The Balaban J connectivity index is 1.42. The summed E-state index contributed by atoms with van der Waals surface area (Å²) in [5.41, 5.74) is -2.66. The van der Waals surface area contributed by atoms with Gasteiger partial charge in [-0.05, 0) is 49.6 Å². The number of nitriles is 1. The molecule has 1 aliphatic rings. The zero-order valence-corrected chi connectivity index (χ0v) is 26.7. The molecule has 0 aromatic heterocycles. The van der Waals surface area contributed by atoms with Gasteiger partial charge in [-0.2, -0.15) is 18.4 Å². The fraction of sp³-hybridized carbons (Fsp3) is 0.394. The molecule has 1 heterocycles. The van der Waals surface area contributed by atoms with Gasteiger partial charge in [0.15, 0.2) is 0 Å². The molecule has 0 bridgehead atoms. The van der Waals surface area contributed by atoms with Gasteiger partial charge in [0, 0.05) is 25.3 Å². The zero-order chi connectivity index (χ0) is 36.0. The number of nitrogens with one attached hydrogen (secondary N) is 3. The Morgan fingerprint density at radius 1 is 1.02 bits per heavy atom. The molecule has 1 aliphatic heterocycles. The number of esters is 2. The van der Waals surface area contributed by atoms with Crippen LogP contribution in [-0.2, 0) is 23.8 Å². The van der Waals surface area contributed by atoms with Crippen LogP contribution in [0.3, 0.4) is 0 Å². The molecular weight excluding hydrogens is 656 g/mol. The van der Waals surface area contributed by atoms with Gasteiger partial charge in [0.25, 0.3) is 0 Å². The van der Waals surface area contributed by atoms with Crippen LogP contribution in [0.2, 0.25) is 0 Å². The third-order valence-electron chi connectivity index (χ3n) is 7.05. The third-order valence-corrected chi connectivity index (χ3v) is 7.05. The lowest BCUT2D eigenvalue weighted by molar-refractivity contribution is -0.140. The monoisotopic (exact) mass is 692 g/mol. The molecule has 16 heteroatoms. The Morgan fingerprint density at radius 3 is 2.41 bits per heavy atom. The summed E-state index contributed by atoms with van der Waals surface area (Å²) < 4.78 is 76.4. The molecule has 0 saturated carbocycles. The van der Waals surface area contributed by atoms with Crippen molar-refractivity contribution in [3.8, 4) is 11.8 Å². The number of alkyl halides is 3. The maximum absolute atomic E-state index is 14.1. The van der Waals surface area contributed by atoms with Gasteiger partial charge in [-0.1, -0.05) is 24.3 Å². The number of hydrogen-bond donors (Lipinski definition) is 4. The van der Waals surface area contributed by atoms with Gasteiger partial charge < -0.3 is 40.0 Å². The van der Waals surface area contributed by atoms with Crippen LogP contribution in [0.25, 0.3) is 0 Å². The molecule has 0 aliphatic carbocycles. The summed E-state index contributed by atoms with van der Waals surface area (Å²) in [6.45, 7) is 1.61. The largest absolute Gasteiger partial charge is 0.489 e. The van der Waals surface area contributed by atoms with Crippen molar-refractivity contribution in [2.75, 3.05) is 46.6 Å². The van der Waals surface area contributed by atoms with Crippen LogP contribution in [0.5, 0.6) is 5.75 Å². The summed E-state index contributed by atoms with van der Waals surface area (Å²) >= 11 is 0. The van der Waals surface area contributed by atoms with Gasteiger partial charge in [0.05, 0.1) is 43.0 Å². The van der Waals surface area contributed by atoms with Gasteiger partial charge in [-0.25, -0.2) is 18.8 Å². The predicted molar refractivity (Wildman–Crippen MR) is 165 cm³/mol. The Kier molecular flexibility index (Phi) is 14.4. The van der Waals surface area contributed by atoms with Crippen LogP contribution >= 0.6 is 0 Å². The standard InChI is InChI=1S/C33H36F4N4O8/c1-20-26(27(21-9-7-10-23(34)16-21)28(30(43)46-2)29(41-20)33(35,36)37)31(44)47-14-5-6-15-48-32(45)40-13-12-39-18-24(42)19-49-25-11-4-3-8-22(25)17-38/h3-4,7-11,16,24,27,39,41-42H,5-6,12-15,18-19H2,1-2H3,(H,40,45). The summed E-state index contributed by atoms with van der Waals surface area (Å²) in [7, 11) is 0.887. The number of rotatable bonds is 16. The van der Waals surface area contributed by atoms with Crippen LogP contribution in [0.15, 0.2) is 71.1 Å². The minimum Gasteiger partial charge on any atom is -0.489 e. The highest BCUT2D eigenvalue weighted by Gasteiger charge is 2.47. The number of benzene rings is 2. The van der Waals surface area contributed by atoms with Gasteiger partial charge in [-0.3, -0.25) is 0 Å². The van der Waals surface area contributed by atoms with Crippen molar-refractivity contribution in [1.29, 1.82) is 5.26 Å². The number of para-hydroxylation sites is 1. The summed E-state index contributed by atoms with van der Waals surface area (Å²) in [5, 5.41) is 26.7. The van der Waals surface area contributed by atoms with E-state index >= 15 is 0 Å². The quantitative estimate of drug-likeness (QED) is 0.0876. The van der Waals surface area contributed by atoms with E-state index in [1.54, 1.807) is 24.3 Å². The Morgan fingerprint density at radius 2 is 1.73 bits per heavy atom. The van der Waals surface area contributed by atoms with Crippen molar-refractivity contribution < 1.29 is 56.0 Å². The fourth-order valence-corrected chi connectivity index (χ4v) is 4.79. The number of methoxy groups -OCH3 is 1. The number of ether oxygens (including phenoxy) is 4. The van der Waals surface area contributed by atoms with E-state index in [4.69, 9.17) is 19.5 Å². The van der Waals surface area contributed by atoms with E-state index in [1.165, 1.54) is 19.1 Å². The molecule has 4 N–H and O–H groups in total. The van der Waals surface area contributed by atoms with E-state index in [0.29, 0.717) is 17.9 Å². The molecule has 264 valence electrons. The molecule has 0 radical (unpaired) electrons. The Bertz CT molecular complexity index is 1590. The van der Waals surface area contributed by atoms with E-state index in [1.807, 2.05) is 6.07 Å². The number of carbonyl (C=O) groups excluding carboxylic acids is 3. The molecule has 3 rings (SSSR count). The van der Waals surface area contributed by atoms with Crippen LogP contribution in [0.1, 0.15) is 36.8 Å². The highest BCUT2D eigenvalue weighted by Crippen LogP contribution is 2.43. The number of hydrogen-bond acceptors (Lipinski definition) is 11. The van der Waals surface area contributed by atoms with Crippen molar-refractivity contribution in [1.82, 2.24) is 16.0 Å². The molecule has 0 fully saturated rings. The smallest absolute Gasteiger partial charge is 0.431 e. The number of alkyl carbamates (subject to hydrolysis) is 1. The average Bonchev–Trinajstić information content (AvgIpc) is 3.07. The number of amides is 1. The van der Waals surface area contributed by atoms with E-state index < -0.39 is 53.3 Å². The number of aliphatic hydroxyl groups is 1. The molecule has 0 spiro atoms. The molecular formula is C33H36F4N4O8. The fourth-order valence-electron chi connectivity index (χ4n) is 4.79. The number of dihydropyridines is 1. The minimum atomic E-state index is -5.03. The first-order chi connectivity index (χ1) is 23.4. The number of nitrogens with zero attached hydrogens (tertiary/aromatic N) is 1. The SMILES string of the molecule is COC(=O)C1=C(C(F)(F)F)NC(C)=C(C(=O)OCCCCOC(=O)NCCNCC(O)COc2ccccc2C#N)C1c1cccc(F)c1. The number of unbranched alkanes of at least 4 members (excludes halogenated alkanes) is 1. The number of halogens is 4. The summed E-state index contributed by atoms with van der Waals surface area (Å²) in [4.78, 5) is 37.7. The maximum atomic E-state index is 14.1. The second-order valence-corrected chi connectivity index (χ2v) is 10.6. The molecule has 1 amide bonds. The van der Waals surface area contributed by atoms with Crippen molar-refractivity contribution in [2.24, 2.45) is 0 Å². The van der Waals surface area contributed by atoms with Gasteiger partial charge >= 0.3 is 24.2 Å². The minimum absolute atomic E-state index is 0.0313. The molecule has 2 aromatic rings. The molecule has 2 aromatic carbocycles. The first-order valence-electron chi connectivity index (χ1n) is 15.1. The lowest BCUT2D eigenvalue weighted by atomic mass is 9.80. The normalized spacial score (nSPS) is 15.1. The lowest BCUT2D eigenvalue weighted by Gasteiger charge is -2.32. The van der Waals surface area contributed by atoms with Crippen LogP contribution in [-0.4, -0.2) is 82.0 Å². The first kappa shape index (κ1) is 38.3. The lowest BCUT2D eigenvalue weighted by Crippen LogP contribution is -2.38. The van der Waals surface area contributed by atoms with Crippen molar-refractivity contribution in [3.05, 3.63) is 88.0 Å². The average molecular weight is 693 g/mol. The maximum Gasteiger partial charge on any atom is 0.431 e. The highest BCUT2D eigenvalue weighted by molar-refractivity contribution is 6.00. The van der Waals surface area contributed by atoms with Crippen molar-refractivity contribution >= 4 is 18.0 Å². The molecule has 2 unspecified atom stereocenters. The van der Waals surface area contributed by atoms with E-state index in [-0.39, 0.29) is 62.6 Å². The second kappa shape index (κ2) is 18.4. The van der Waals surface area contributed by atoms with Crippen molar-refractivity contribution in [3.63, 3.8) is 0 Å². The van der Waals surface area contributed by atoms with Gasteiger partial charge in [0.1, 0.15) is 36.0 Å². The molecule has 49 heavy (non-hydrogen) atoms. The first-order valence-corrected chi connectivity index (χ1v) is 15.1. The highest BCUT2D eigenvalue weighted by atomic mass is 19.4. The van der Waals surface area contributed by atoms with E-state index in [2.05, 4.69) is 20.7 Å². The van der Waals surface area contributed by atoms with Crippen LogP contribution in [0, 0.1) is 17.1 Å². The Labute approximate surface area is 279 Å². The molecule has 12 nitrogen and oxygen atoms in total. The van der Waals surface area contributed by atoms with Crippen molar-refractivity contribution in [2.45, 2.75) is 38.0 Å². The Hall–Kier alpha value is -5.14. The van der Waals surface area contributed by atoms with Crippen LogP contribution in [0.4, 0.5) is 22.4 Å². The zero-order valence-electron chi connectivity index (χ0n) is 26.7. The van der Waals surface area contributed by atoms with Gasteiger partial charge in [-0.15, -0.1) is 0 Å². The second-order valence-electron chi connectivity index (χ2n) is 10.6. The number of aliphatic hydroxyl groups excluding tert-OH is 1. The topological polar surface area (TPSA) is 168 Å². The van der Waals surface area contributed by atoms with Gasteiger partial charge in [0.2, 0.25) is 0 Å². The van der Waals surface area contributed by atoms with E-state index in [0.717, 1.165) is 19.2 Å². The van der Waals surface area contributed by atoms with Crippen LogP contribution < -0.4 is 20.7 Å². The third kappa shape index (κ3) is 11.2. The summed E-state index contributed by atoms with van der Waals surface area (Å²) in [5.74, 6) is -4.46. The number of carbonyl (C=O) groups is 3. The summed E-state index contributed by atoms with van der Waals surface area (Å²) in [6, 6.07) is 13.1. The summed E-state index contributed by atoms with van der Waals surface area (Å²) in [6.07, 6.45) is -6.10. The molecule has 0 saturated heterocycles. The number of allylic oxidation sites excluding steroid dienone is 2.